The highest BCUT2D eigenvalue weighted by Crippen LogP contribution is 2.12. The average molecular weight is 303 g/mol. The minimum atomic E-state index is -0.521. The number of hydrogen-bond donors (Lipinski definition) is 3. The van der Waals surface area contributed by atoms with Gasteiger partial charge in [0.15, 0.2) is 0 Å². The van der Waals surface area contributed by atoms with E-state index in [9.17, 15) is 14.4 Å². The minimum absolute atomic E-state index is 0.0820. The van der Waals surface area contributed by atoms with Crippen molar-refractivity contribution in [1.82, 2.24) is 16.0 Å². The summed E-state index contributed by atoms with van der Waals surface area (Å²) in [5, 5.41) is 7.61. The van der Waals surface area contributed by atoms with Gasteiger partial charge in [-0.1, -0.05) is 30.3 Å². The van der Waals surface area contributed by atoms with Gasteiger partial charge in [0.05, 0.1) is 5.92 Å². The summed E-state index contributed by atoms with van der Waals surface area (Å²) in [5.41, 5.74) is 1.24. The maximum absolute atomic E-state index is 11.9. The van der Waals surface area contributed by atoms with Crippen molar-refractivity contribution in [3.05, 3.63) is 35.9 Å². The van der Waals surface area contributed by atoms with Gasteiger partial charge in [-0.05, 0) is 25.3 Å². The molecule has 1 aromatic carbocycles. The molecule has 1 aliphatic rings. The lowest BCUT2D eigenvalue weighted by Crippen LogP contribution is -2.57. The molecule has 0 spiro atoms. The third-order valence-electron chi connectivity index (χ3n) is 3.75. The van der Waals surface area contributed by atoms with Crippen molar-refractivity contribution in [3.63, 3.8) is 0 Å². The van der Waals surface area contributed by atoms with Gasteiger partial charge in [0, 0.05) is 19.0 Å². The molecule has 2 unspecified atom stereocenters. The molecule has 0 saturated carbocycles. The number of urea groups is 1. The van der Waals surface area contributed by atoms with E-state index in [2.05, 4.69) is 28.1 Å². The zero-order valence-electron chi connectivity index (χ0n) is 12.6. The highest BCUT2D eigenvalue weighted by molar-refractivity contribution is 6.00. The summed E-state index contributed by atoms with van der Waals surface area (Å²) in [6, 6.07) is 9.22. The van der Waals surface area contributed by atoms with Crippen molar-refractivity contribution in [3.8, 4) is 0 Å². The van der Waals surface area contributed by atoms with Gasteiger partial charge in [0.25, 0.3) is 0 Å². The maximum atomic E-state index is 11.9. The second kappa shape index (κ2) is 7.59. The van der Waals surface area contributed by atoms with Crippen LogP contribution in [0.15, 0.2) is 30.3 Å². The Bertz CT molecular complexity index is 545. The number of carbonyl (C=O) groups is 3. The van der Waals surface area contributed by atoms with Gasteiger partial charge in [-0.15, -0.1) is 0 Å². The molecule has 1 aromatic rings. The van der Waals surface area contributed by atoms with Crippen molar-refractivity contribution in [2.24, 2.45) is 5.92 Å². The molecule has 2 atom stereocenters. The van der Waals surface area contributed by atoms with Gasteiger partial charge in [-0.25, -0.2) is 4.79 Å². The average Bonchev–Trinajstić information content (AvgIpc) is 2.48. The largest absolute Gasteiger partial charge is 0.356 e. The lowest BCUT2D eigenvalue weighted by atomic mass is 9.94. The summed E-state index contributed by atoms with van der Waals surface area (Å²) >= 11 is 0. The topological polar surface area (TPSA) is 87.3 Å². The molecule has 3 N–H and O–H groups in total. The first-order valence-corrected chi connectivity index (χ1v) is 7.48. The Morgan fingerprint density at radius 3 is 2.64 bits per heavy atom. The van der Waals surface area contributed by atoms with Crippen molar-refractivity contribution in [2.75, 3.05) is 6.54 Å². The summed E-state index contributed by atoms with van der Waals surface area (Å²) in [6.45, 7) is 2.30. The van der Waals surface area contributed by atoms with Crippen molar-refractivity contribution >= 4 is 17.8 Å². The second-order valence-electron chi connectivity index (χ2n) is 5.50. The van der Waals surface area contributed by atoms with Gasteiger partial charge in [-0.2, -0.15) is 0 Å². The number of rotatable bonds is 6. The summed E-state index contributed by atoms with van der Waals surface area (Å²) in [6.07, 6.45) is 1.83. The van der Waals surface area contributed by atoms with E-state index in [4.69, 9.17) is 0 Å². The molecular formula is C16H21N3O3. The first-order valence-electron chi connectivity index (χ1n) is 7.48. The minimum Gasteiger partial charge on any atom is -0.356 e. The third kappa shape index (κ3) is 4.58. The Hall–Kier alpha value is -2.37. The zero-order valence-corrected chi connectivity index (χ0v) is 12.6. The molecule has 1 saturated heterocycles. The van der Waals surface area contributed by atoms with Gasteiger partial charge in [0.2, 0.25) is 11.8 Å². The Balaban J connectivity index is 1.69. The van der Waals surface area contributed by atoms with E-state index in [1.54, 1.807) is 6.92 Å². The fourth-order valence-electron chi connectivity index (χ4n) is 2.48. The SMILES string of the molecule is CC1NC(=O)NC(=O)C1CC(=O)NCCCc1ccccc1. The fraction of sp³-hybridized carbons (Fsp3) is 0.438. The Labute approximate surface area is 129 Å². The monoisotopic (exact) mass is 303 g/mol. The van der Waals surface area contributed by atoms with Gasteiger partial charge in [-0.3, -0.25) is 14.9 Å². The number of amides is 4. The Kier molecular flexibility index (Phi) is 5.52. The van der Waals surface area contributed by atoms with Crippen LogP contribution in [0.2, 0.25) is 0 Å². The Morgan fingerprint density at radius 2 is 1.95 bits per heavy atom. The van der Waals surface area contributed by atoms with Gasteiger partial charge < -0.3 is 10.6 Å². The molecule has 118 valence electrons. The quantitative estimate of drug-likeness (QED) is 0.684. The predicted molar refractivity (Wildman–Crippen MR) is 82.0 cm³/mol. The van der Waals surface area contributed by atoms with Crippen LogP contribution in [0.3, 0.4) is 0 Å². The van der Waals surface area contributed by atoms with Crippen LogP contribution in [0.5, 0.6) is 0 Å². The highest BCUT2D eigenvalue weighted by atomic mass is 16.2. The van der Waals surface area contributed by atoms with Crippen LogP contribution in [0.4, 0.5) is 4.79 Å². The summed E-state index contributed by atoms with van der Waals surface area (Å²) in [7, 11) is 0. The predicted octanol–water partition coefficient (Wildman–Crippen LogP) is 0.970. The summed E-state index contributed by atoms with van der Waals surface area (Å²) < 4.78 is 0. The number of nitrogens with one attached hydrogen (secondary N) is 3. The molecular weight excluding hydrogens is 282 g/mol. The molecule has 0 aromatic heterocycles. The highest BCUT2D eigenvalue weighted by Gasteiger charge is 2.33. The lowest BCUT2D eigenvalue weighted by Gasteiger charge is -2.28. The maximum Gasteiger partial charge on any atom is 0.321 e. The molecule has 0 radical (unpaired) electrons. The number of carbonyl (C=O) groups excluding carboxylic acids is 3. The molecule has 0 bridgehead atoms. The first-order chi connectivity index (χ1) is 10.6. The smallest absolute Gasteiger partial charge is 0.321 e. The molecule has 2 rings (SSSR count). The molecule has 4 amide bonds. The molecule has 1 fully saturated rings. The Morgan fingerprint density at radius 1 is 1.23 bits per heavy atom. The first kappa shape index (κ1) is 16.0. The zero-order chi connectivity index (χ0) is 15.9. The van der Waals surface area contributed by atoms with Crippen LogP contribution in [0.1, 0.15) is 25.3 Å². The molecule has 22 heavy (non-hydrogen) atoms. The standard InChI is InChI=1S/C16H21N3O3/c1-11-13(15(21)19-16(22)18-11)10-14(20)17-9-5-8-12-6-3-2-4-7-12/h2-4,6-7,11,13H,5,8-10H2,1H3,(H,17,20)(H2,18,19,21,22). The summed E-state index contributed by atoms with van der Waals surface area (Å²) in [4.78, 5) is 34.7. The van der Waals surface area contributed by atoms with Crippen LogP contribution in [0.25, 0.3) is 0 Å². The van der Waals surface area contributed by atoms with Crippen LogP contribution in [-0.2, 0) is 16.0 Å². The van der Waals surface area contributed by atoms with Crippen molar-refractivity contribution in [2.45, 2.75) is 32.2 Å². The van der Waals surface area contributed by atoms with Gasteiger partial charge >= 0.3 is 6.03 Å². The van der Waals surface area contributed by atoms with Gasteiger partial charge in [0.1, 0.15) is 0 Å². The number of aryl methyl sites for hydroxylation is 1. The lowest BCUT2D eigenvalue weighted by molar-refractivity contribution is -0.131. The van der Waals surface area contributed by atoms with E-state index in [0.717, 1.165) is 12.8 Å². The summed E-state index contributed by atoms with van der Waals surface area (Å²) in [5.74, 6) is -1.08. The van der Waals surface area contributed by atoms with E-state index in [1.165, 1.54) is 5.56 Å². The van der Waals surface area contributed by atoms with Crippen LogP contribution >= 0.6 is 0 Å². The fourth-order valence-corrected chi connectivity index (χ4v) is 2.48. The number of hydrogen-bond acceptors (Lipinski definition) is 3. The van der Waals surface area contributed by atoms with E-state index in [1.807, 2.05) is 18.2 Å². The van der Waals surface area contributed by atoms with E-state index in [-0.39, 0.29) is 18.4 Å². The van der Waals surface area contributed by atoms with Crippen molar-refractivity contribution in [1.29, 1.82) is 0 Å². The molecule has 0 aliphatic carbocycles. The number of imide groups is 1. The van der Waals surface area contributed by atoms with E-state index in [0.29, 0.717) is 6.54 Å². The van der Waals surface area contributed by atoms with Crippen LogP contribution in [0, 0.1) is 5.92 Å². The normalized spacial score (nSPS) is 21.0. The third-order valence-corrected chi connectivity index (χ3v) is 3.75. The van der Waals surface area contributed by atoms with Crippen LogP contribution in [-0.4, -0.2) is 30.4 Å². The van der Waals surface area contributed by atoms with E-state index >= 15 is 0 Å². The molecule has 1 aliphatic heterocycles. The van der Waals surface area contributed by atoms with E-state index < -0.39 is 17.9 Å². The molecule has 1 heterocycles. The van der Waals surface area contributed by atoms with Crippen molar-refractivity contribution < 1.29 is 14.4 Å². The second-order valence-corrected chi connectivity index (χ2v) is 5.50. The number of benzene rings is 1. The van der Waals surface area contributed by atoms with Crippen LogP contribution < -0.4 is 16.0 Å². The molecule has 6 heteroatoms. The molecule has 6 nitrogen and oxygen atoms in total.